The van der Waals surface area contributed by atoms with Crippen LogP contribution in [0.4, 0.5) is 0 Å². The van der Waals surface area contributed by atoms with Crippen LogP contribution in [0.2, 0.25) is 0 Å². The molecule has 0 aromatic heterocycles. The fourth-order valence-corrected chi connectivity index (χ4v) is 2.04. The zero-order chi connectivity index (χ0) is 16.3. The lowest BCUT2D eigenvalue weighted by atomic mass is 10.0. The van der Waals surface area contributed by atoms with Crippen molar-refractivity contribution in [2.45, 2.75) is 17.5 Å². The van der Waals surface area contributed by atoms with Crippen molar-refractivity contribution in [1.29, 1.82) is 10.5 Å². The fourth-order valence-electron chi connectivity index (χ4n) is 1.12. The second-order valence-corrected chi connectivity index (χ2v) is 7.17. The molecule has 21 heavy (non-hydrogen) atoms. The Bertz CT molecular complexity index is 515. The lowest BCUT2D eigenvalue weighted by molar-refractivity contribution is -0.544. The smallest absolute Gasteiger partial charge is 0.301 e. The lowest BCUT2D eigenvalue weighted by Crippen LogP contribution is -2.34. The number of thioether (sulfide) groups is 2. The highest BCUT2D eigenvalue weighted by Gasteiger charge is 2.43. The quantitative estimate of drug-likeness (QED) is 0.156. The largest absolute Gasteiger partial charge is 0.380 e. The first kappa shape index (κ1) is 19.7. The first-order valence-corrected chi connectivity index (χ1v) is 8.22. The summed E-state index contributed by atoms with van der Waals surface area (Å²) in [4.78, 5) is 10.1. The van der Waals surface area contributed by atoms with E-state index in [2.05, 4.69) is 15.9 Å². The summed E-state index contributed by atoms with van der Waals surface area (Å²) in [6, 6.07) is 8.53. The molecule has 0 fully saturated rings. The number of nitriles is 2. The van der Waals surface area contributed by atoms with Crippen LogP contribution in [0.3, 0.4) is 0 Å². The number of hydrogen-bond acceptors (Lipinski definition) is 7. The van der Waals surface area contributed by atoms with Crippen molar-refractivity contribution in [3.8, 4) is 10.8 Å². The summed E-state index contributed by atoms with van der Waals surface area (Å²) in [5, 5.41) is 40.4. The lowest BCUT2D eigenvalue weighted by Gasteiger charge is -2.20. The molecule has 1 aromatic rings. The van der Waals surface area contributed by atoms with E-state index in [4.69, 9.17) is 10.5 Å². The predicted molar refractivity (Wildman–Crippen MR) is 87.0 cm³/mol. The van der Waals surface area contributed by atoms with Gasteiger partial charge in [0.2, 0.25) is 0 Å². The van der Waals surface area contributed by atoms with E-state index >= 15 is 0 Å². The molecule has 0 saturated carbocycles. The third kappa shape index (κ3) is 7.34. The third-order valence-corrected chi connectivity index (χ3v) is 4.14. The minimum Gasteiger partial charge on any atom is -0.380 e. The molecule has 1 rings (SSSR count). The number of nitro groups is 1. The number of benzene rings is 1. The number of aliphatic hydroxyl groups is 1. The Hall–Kier alpha value is -1.26. The number of halogens is 1. The summed E-state index contributed by atoms with van der Waals surface area (Å²) in [7, 11) is 0. The molecule has 0 aliphatic carbocycles. The Morgan fingerprint density at radius 1 is 1.38 bits per heavy atom. The zero-order valence-corrected chi connectivity index (χ0v) is 14.2. The Morgan fingerprint density at radius 3 is 2.24 bits per heavy atom. The normalized spacial score (nSPS) is 13.6. The molecule has 0 heterocycles. The minimum atomic E-state index is -1.55. The van der Waals surface area contributed by atoms with Crippen LogP contribution in [0.5, 0.6) is 0 Å². The van der Waals surface area contributed by atoms with E-state index in [0.29, 0.717) is 10.6 Å². The average Bonchev–Trinajstić information content (AvgIpc) is 2.48. The predicted octanol–water partition coefficient (Wildman–Crippen LogP) is 3.48. The maximum atomic E-state index is 10.6. The van der Waals surface area contributed by atoms with Gasteiger partial charge >= 0.3 is 4.45 Å². The van der Waals surface area contributed by atoms with Crippen molar-refractivity contribution in [3.05, 3.63) is 46.0 Å². The van der Waals surface area contributed by atoms with Gasteiger partial charge in [0.25, 0.3) is 0 Å². The third-order valence-electron chi connectivity index (χ3n) is 2.22. The van der Waals surface area contributed by atoms with Crippen LogP contribution >= 0.6 is 39.5 Å². The van der Waals surface area contributed by atoms with Gasteiger partial charge in [-0.2, -0.15) is 10.5 Å². The molecule has 2 unspecified atom stereocenters. The molecule has 0 radical (unpaired) electrons. The van der Waals surface area contributed by atoms with Gasteiger partial charge < -0.3 is 5.11 Å². The molecular formula is C12H12BrN3O3S2. The van der Waals surface area contributed by atoms with Crippen molar-refractivity contribution in [1.82, 2.24) is 0 Å². The summed E-state index contributed by atoms with van der Waals surface area (Å²) in [6.45, 7) is 1.32. The van der Waals surface area contributed by atoms with Crippen LogP contribution in [0.1, 0.15) is 18.6 Å². The van der Waals surface area contributed by atoms with E-state index in [9.17, 15) is 15.2 Å². The standard InChI is InChI=1S/C9H10BrNO3.C3H2N2S2/c1-9(10,11(13)14)8(12)7-5-3-2-4-6-7;4-1-6-3-7-2-5/h2-6,8,12H,1H3;3H2. The molecule has 0 aliphatic rings. The fraction of sp³-hybridized carbons (Fsp3) is 0.333. The SMILES string of the molecule is CC(Br)(C(O)c1ccccc1)[N+](=O)[O-].N#CSCSC#N. The van der Waals surface area contributed by atoms with E-state index in [-0.39, 0.29) is 0 Å². The highest BCUT2D eigenvalue weighted by molar-refractivity contribution is 9.10. The summed E-state index contributed by atoms with van der Waals surface area (Å²) in [5.74, 6) is 0. The van der Waals surface area contributed by atoms with E-state index in [1.165, 1.54) is 6.92 Å². The number of rotatable bonds is 5. The van der Waals surface area contributed by atoms with Crippen LogP contribution in [0, 0.1) is 31.4 Å². The molecule has 6 nitrogen and oxygen atoms in total. The molecule has 1 N–H and O–H groups in total. The number of nitrogens with zero attached hydrogens (tertiary/aromatic N) is 3. The maximum absolute atomic E-state index is 10.6. The Kier molecular flexibility index (Phi) is 9.84. The molecule has 0 saturated heterocycles. The Morgan fingerprint density at radius 2 is 1.86 bits per heavy atom. The second kappa shape index (κ2) is 10.5. The van der Waals surface area contributed by atoms with Gasteiger partial charge in [-0.25, -0.2) is 0 Å². The van der Waals surface area contributed by atoms with Gasteiger partial charge in [0, 0.05) is 27.8 Å². The molecule has 1 aromatic carbocycles. The van der Waals surface area contributed by atoms with Crippen LogP contribution in [-0.4, -0.2) is 19.6 Å². The number of aliphatic hydroxyl groups excluding tert-OH is 1. The Labute approximate surface area is 139 Å². The summed E-state index contributed by atoms with van der Waals surface area (Å²) >= 11 is 5.06. The highest BCUT2D eigenvalue weighted by Crippen LogP contribution is 2.33. The molecule has 2 atom stereocenters. The van der Waals surface area contributed by atoms with Gasteiger partial charge in [-0.15, -0.1) is 0 Å². The van der Waals surface area contributed by atoms with Gasteiger partial charge in [-0.05, 0) is 29.1 Å². The molecule has 0 bridgehead atoms. The van der Waals surface area contributed by atoms with Crippen molar-refractivity contribution < 1.29 is 10.0 Å². The van der Waals surface area contributed by atoms with Crippen molar-refractivity contribution >= 4 is 39.5 Å². The second-order valence-electron chi connectivity index (χ2n) is 3.68. The molecule has 0 spiro atoms. The summed E-state index contributed by atoms with van der Waals surface area (Å²) in [5.41, 5.74) is 0.517. The topological polar surface area (TPSA) is 111 Å². The molecule has 9 heteroatoms. The van der Waals surface area contributed by atoms with E-state index in [1.807, 2.05) is 10.8 Å². The van der Waals surface area contributed by atoms with Crippen molar-refractivity contribution in [2.24, 2.45) is 0 Å². The molecule has 112 valence electrons. The molecule has 0 aliphatic heterocycles. The van der Waals surface area contributed by atoms with Gasteiger partial charge in [0.05, 0.1) is 5.08 Å². The van der Waals surface area contributed by atoms with E-state index in [0.717, 1.165) is 23.5 Å². The number of thiocyanates is 2. The maximum Gasteiger partial charge on any atom is 0.301 e. The first-order valence-electron chi connectivity index (χ1n) is 5.46. The minimum absolute atomic E-state index is 0.517. The van der Waals surface area contributed by atoms with Crippen LogP contribution in [-0.2, 0) is 0 Å². The van der Waals surface area contributed by atoms with Gasteiger partial charge in [0.1, 0.15) is 10.8 Å². The number of alkyl halides is 1. The summed E-state index contributed by atoms with van der Waals surface area (Å²) in [6.07, 6.45) is -1.17. The molecule has 0 amide bonds. The van der Waals surface area contributed by atoms with Crippen molar-refractivity contribution in [2.75, 3.05) is 5.08 Å². The van der Waals surface area contributed by atoms with Gasteiger partial charge in [-0.1, -0.05) is 30.3 Å². The zero-order valence-electron chi connectivity index (χ0n) is 11.0. The van der Waals surface area contributed by atoms with Gasteiger partial charge in [-0.3, -0.25) is 10.1 Å². The first-order chi connectivity index (χ1) is 9.87. The Balaban J connectivity index is 0.000000486. The van der Waals surface area contributed by atoms with E-state index < -0.39 is 15.5 Å². The van der Waals surface area contributed by atoms with Gasteiger partial charge in [0.15, 0.2) is 6.10 Å². The monoisotopic (exact) mass is 389 g/mol. The molecular weight excluding hydrogens is 378 g/mol. The highest BCUT2D eigenvalue weighted by atomic mass is 79.9. The summed E-state index contributed by atoms with van der Waals surface area (Å²) < 4.78 is -1.55. The van der Waals surface area contributed by atoms with Crippen molar-refractivity contribution in [3.63, 3.8) is 0 Å². The van der Waals surface area contributed by atoms with Crippen LogP contribution in [0.15, 0.2) is 30.3 Å². The van der Waals surface area contributed by atoms with Crippen LogP contribution < -0.4 is 0 Å². The number of hydrogen-bond donors (Lipinski definition) is 1. The van der Waals surface area contributed by atoms with E-state index in [1.54, 1.807) is 30.3 Å². The van der Waals surface area contributed by atoms with Crippen LogP contribution in [0.25, 0.3) is 0 Å². The average molecular weight is 390 g/mol.